The molecule has 6 nitrogen and oxygen atoms in total. The molecule has 0 aliphatic heterocycles. The van der Waals surface area contributed by atoms with Gasteiger partial charge in [0, 0.05) is 40.4 Å². The van der Waals surface area contributed by atoms with Gasteiger partial charge in [-0.3, -0.25) is 4.98 Å². The van der Waals surface area contributed by atoms with Crippen LogP contribution in [0.2, 0.25) is 0 Å². The quantitative estimate of drug-likeness (QED) is 0.217. The Bertz CT molecular complexity index is 1480. The van der Waals surface area contributed by atoms with Crippen molar-refractivity contribution in [3.8, 4) is 11.4 Å². The van der Waals surface area contributed by atoms with E-state index in [0.717, 1.165) is 57.6 Å². The summed E-state index contributed by atoms with van der Waals surface area (Å²) < 4.78 is 42.1. The van der Waals surface area contributed by atoms with Gasteiger partial charge in [0.1, 0.15) is 5.52 Å². The number of aromatic nitrogens is 4. The van der Waals surface area contributed by atoms with Crippen molar-refractivity contribution in [1.29, 1.82) is 0 Å². The molecule has 2 aromatic carbocycles. The first-order chi connectivity index (χ1) is 16.9. The van der Waals surface area contributed by atoms with Crippen LogP contribution in [-0.2, 0) is 6.18 Å². The van der Waals surface area contributed by atoms with Crippen molar-refractivity contribution in [2.24, 2.45) is 0 Å². The van der Waals surface area contributed by atoms with Gasteiger partial charge in [-0.2, -0.15) is 13.2 Å². The highest BCUT2D eigenvalue weighted by Crippen LogP contribution is 2.33. The van der Waals surface area contributed by atoms with Gasteiger partial charge in [-0.1, -0.05) is 12.1 Å². The number of nitrogens with zero attached hydrogens (tertiary/aromatic N) is 3. The van der Waals surface area contributed by atoms with Gasteiger partial charge in [0.2, 0.25) is 0 Å². The molecule has 5 rings (SSSR count). The van der Waals surface area contributed by atoms with Crippen LogP contribution in [0.3, 0.4) is 0 Å². The van der Waals surface area contributed by atoms with Crippen LogP contribution in [0.25, 0.3) is 22.4 Å². The lowest BCUT2D eigenvalue weighted by Crippen LogP contribution is -2.04. The Morgan fingerprint density at radius 1 is 0.971 bits per heavy atom. The fourth-order valence-corrected chi connectivity index (χ4v) is 4.16. The average molecular weight is 493 g/mol. The Balaban J connectivity index is 1.41. The number of alkyl halides is 3. The second kappa shape index (κ2) is 9.30. The molecule has 0 bridgehead atoms. The predicted octanol–water partition coefficient (Wildman–Crippen LogP) is 7.21. The molecule has 0 unspecified atom stereocenters. The summed E-state index contributed by atoms with van der Waals surface area (Å²) in [6, 6.07) is 16.5. The minimum Gasteiger partial charge on any atom is -0.357 e. The van der Waals surface area contributed by atoms with Crippen molar-refractivity contribution < 1.29 is 13.2 Å². The summed E-state index contributed by atoms with van der Waals surface area (Å²) in [5.74, 6) is 1.14. The summed E-state index contributed by atoms with van der Waals surface area (Å²) in [6.45, 7) is 1.96. The molecular formula is C25H19F3N6S. The van der Waals surface area contributed by atoms with Gasteiger partial charge in [0.05, 0.1) is 11.1 Å². The largest absolute Gasteiger partial charge is 0.416 e. The van der Waals surface area contributed by atoms with Crippen LogP contribution in [-0.4, -0.2) is 19.9 Å². The third-order valence-corrected chi connectivity index (χ3v) is 6.09. The maximum absolute atomic E-state index is 13.0. The van der Waals surface area contributed by atoms with Crippen LogP contribution in [0.1, 0.15) is 11.1 Å². The zero-order valence-electron chi connectivity index (χ0n) is 18.4. The SMILES string of the molecule is Cc1ccc(NSc2cccc(C(F)(F)F)c2)cc1Nc1nc(-c2cccnc2)nc2cc[nH]c12. The van der Waals surface area contributed by atoms with Gasteiger partial charge in [0.25, 0.3) is 0 Å². The average Bonchev–Trinajstić information content (AvgIpc) is 3.34. The monoisotopic (exact) mass is 492 g/mol. The van der Waals surface area contributed by atoms with Gasteiger partial charge in [-0.15, -0.1) is 0 Å². The molecule has 0 aliphatic carbocycles. The van der Waals surface area contributed by atoms with Crippen molar-refractivity contribution in [1.82, 2.24) is 19.9 Å². The Kier molecular flexibility index (Phi) is 6.04. The molecule has 5 aromatic rings. The standard InChI is InChI=1S/C25H19F3N6S/c1-15-7-8-18(34-35-19-6-2-5-17(12-19)25(26,27)28)13-21(15)32-24-22-20(9-11-30-22)31-23(33-24)16-4-3-10-29-14-16/h2-14,30,34H,1H3,(H,31,32,33). The van der Waals surface area contributed by atoms with Gasteiger partial charge < -0.3 is 15.0 Å². The van der Waals surface area contributed by atoms with E-state index < -0.39 is 11.7 Å². The van der Waals surface area contributed by atoms with Crippen LogP contribution in [0.4, 0.5) is 30.4 Å². The number of benzene rings is 2. The van der Waals surface area contributed by atoms with Crippen molar-refractivity contribution in [2.45, 2.75) is 18.0 Å². The molecular weight excluding hydrogens is 473 g/mol. The van der Waals surface area contributed by atoms with Gasteiger partial charge in [-0.25, -0.2) is 9.97 Å². The molecule has 176 valence electrons. The minimum atomic E-state index is -4.38. The van der Waals surface area contributed by atoms with Crippen LogP contribution >= 0.6 is 11.9 Å². The van der Waals surface area contributed by atoms with Crippen molar-refractivity contribution in [3.63, 3.8) is 0 Å². The lowest BCUT2D eigenvalue weighted by Gasteiger charge is -2.14. The number of nitrogens with one attached hydrogen (secondary N) is 3. The van der Waals surface area contributed by atoms with Crippen LogP contribution in [0.5, 0.6) is 0 Å². The van der Waals surface area contributed by atoms with Crippen LogP contribution in [0.15, 0.2) is 84.1 Å². The lowest BCUT2D eigenvalue weighted by atomic mass is 10.2. The van der Waals surface area contributed by atoms with Gasteiger partial charge in [-0.05, 0) is 73.0 Å². The number of halogens is 3. The molecule has 0 atom stereocenters. The van der Waals surface area contributed by atoms with E-state index in [1.54, 1.807) is 24.7 Å². The number of H-pyrrole nitrogens is 1. The molecule has 0 spiro atoms. The molecule has 0 saturated heterocycles. The Morgan fingerprint density at radius 3 is 2.66 bits per heavy atom. The molecule has 0 aliphatic rings. The number of hydrogen-bond acceptors (Lipinski definition) is 6. The highest BCUT2D eigenvalue weighted by Gasteiger charge is 2.30. The zero-order valence-corrected chi connectivity index (χ0v) is 19.2. The van der Waals surface area contributed by atoms with E-state index in [0.29, 0.717) is 16.5 Å². The molecule has 10 heteroatoms. The lowest BCUT2D eigenvalue weighted by molar-refractivity contribution is -0.137. The second-order valence-corrected chi connectivity index (χ2v) is 8.64. The first-order valence-corrected chi connectivity index (χ1v) is 11.4. The molecule has 3 aromatic heterocycles. The van der Waals surface area contributed by atoms with E-state index in [1.807, 2.05) is 43.3 Å². The molecule has 35 heavy (non-hydrogen) atoms. The van der Waals surface area contributed by atoms with Gasteiger partial charge in [0.15, 0.2) is 11.6 Å². The first kappa shape index (κ1) is 22.7. The summed E-state index contributed by atoms with van der Waals surface area (Å²) in [6.07, 6.45) is 0.816. The third kappa shape index (κ3) is 5.07. The molecule has 3 N–H and O–H groups in total. The molecule has 0 radical (unpaired) electrons. The predicted molar refractivity (Wildman–Crippen MR) is 133 cm³/mol. The molecule has 3 heterocycles. The van der Waals surface area contributed by atoms with Crippen LogP contribution < -0.4 is 10.0 Å². The number of aryl methyl sites for hydroxylation is 1. The minimum absolute atomic E-state index is 0.458. The fourth-order valence-electron chi connectivity index (χ4n) is 3.46. The van der Waals surface area contributed by atoms with Crippen molar-refractivity contribution in [3.05, 3.63) is 90.4 Å². The maximum Gasteiger partial charge on any atom is 0.416 e. The number of aromatic amines is 1. The van der Waals surface area contributed by atoms with E-state index >= 15 is 0 Å². The highest BCUT2D eigenvalue weighted by molar-refractivity contribution is 8.00. The molecule has 0 amide bonds. The number of pyridine rings is 1. The Morgan fingerprint density at radius 2 is 1.86 bits per heavy atom. The van der Waals surface area contributed by atoms with E-state index in [-0.39, 0.29) is 0 Å². The summed E-state index contributed by atoms with van der Waals surface area (Å²) in [4.78, 5) is 17.1. The number of hydrogen-bond donors (Lipinski definition) is 3. The normalized spacial score (nSPS) is 11.5. The highest BCUT2D eigenvalue weighted by atomic mass is 32.2. The van der Waals surface area contributed by atoms with Crippen molar-refractivity contribution >= 4 is 40.2 Å². The first-order valence-electron chi connectivity index (χ1n) is 10.6. The van der Waals surface area contributed by atoms with E-state index in [2.05, 4.69) is 25.0 Å². The summed E-state index contributed by atoms with van der Waals surface area (Å²) in [7, 11) is 0. The van der Waals surface area contributed by atoms with E-state index in [9.17, 15) is 13.2 Å². The Labute approximate surface area is 203 Å². The molecule has 0 saturated carbocycles. The maximum atomic E-state index is 13.0. The zero-order chi connectivity index (χ0) is 24.4. The summed E-state index contributed by atoms with van der Waals surface area (Å²) in [5.41, 5.74) is 4.13. The smallest absolute Gasteiger partial charge is 0.357 e. The summed E-state index contributed by atoms with van der Waals surface area (Å²) >= 11 is 1.11. The second-order valence-electron chi connectivity index (χ2n) is 7.76. The van der Waals surface area contributed by atoms with Gasteiger partial charge >= 0.3 is 6.18 Å². The van der Waals surface area contributed by atoms with Crippen LogP contribution in [0, 0.1) is 6.92 Å². The number of anilines is 3. The van der Waals surface area contributed by atoms with E-state index in [1.165, 1.54) is 6.07 Å². The number of fused-ring (bicyclic) bond motifs is 1. The summed E-state index contributed by atoms with van der Waals surface area (Å²) in [5, 5.41) is 3.38. The molecule has 0 fully saturated rings. The number of rotatable bonds is 6. The van der Waals surface area contributed by atoms with Crippen molar-refractivity contribution in [2.75, 3.05) is 10.0 Å². The van der Waals surface area contributed by atoms with E-state index in [4.69, 9.17) is 4.98 Å². The fraction of sp³-hybridized carbons (Fsp3) is 0.0800. The topological polar surface area (TPSA) is 78.5 Å². The Hall–Kier alpha value is -4.05. The third-order valence-electron chi connectivity index (χ3n) is 5.26.